The van der Waals surface area contributed by atoms with Crippen molar-refractivity contribution in [3.05, 3.63) is 29.8 Å². The monoisotopic (exact) mass is 233 g/mol. The third kappa shape index (κ3) is 3.32. The van der Waals surface area contributed by atoms with Gasteiger partial charge in [-0.15, -0.1) is 0 Å². The van der Waals surface area contributed by atoms with Gasteiger partial charge in [0.15, 0.2) is 0 Å². The minimum Gasteiger partial charge on any atom is -0.374 e. The van der Waals surface area contributed by atoms with Gasteiger partial charge in [-0.25, -0.2) is 0 Å². The van der Waals surface area contributed by atoms with E-state index in [0.29, 0.717) is 0 Å². The van der Waals surface area contributed by atoms with Crippen molar-refractivity contribution in [3.63, 3.8) is 0 Å². The van der Waals surface area contributed by atoms with E-state index < -0.39 is 0 Å². The Balaban J connectivity index is 2.84. The maximum atomic E-state index is 11.3. The van der Waals surface area contributed by atoms with E-state index in [4.69, 9.17) is 0 Å². The molecule has 0 bridgehead atoms. The second kappa shape index (κ2) is 5.85. The molecule has 1 aromatic carbocycles. The first-order chi connectivity index (χ1) is 8.06. The van der Waals surface area contributed by atoms with Crippen LogP contribution in [0.15, 0.2) is 24.3 Å². The Hall–Kier alpha value is -1.31. The Bertz CT molecular complexity index is 369. The fraction of sp³-hybridized carbons (Fsp3) is 0.533. The Kier molecular flexibility index (Phi) is 4.73. The molecule has 0 aliphatic heterocycles. The molecule has 0 aliphatic rings. The minimum atomic E-state index is -0.210. The highest BCUT2D eigenvalue weighted by Crippen LogP contribution is 2.27. The van der Waals surface area contributed by atoms with Gasteiger partial charge in [-0.05, 0) is 37.5 Å². The van der Waals surface area contributed by atoms with Crippen molar-refractivity contribution in [2.24, 2.45) is 5.41 Å². The second-order valence-electron chi connectivity index (χ2n) is 4.88. The molecule has 0 fully saturated rings. The first-order valence-electron chi connectivity index (χ1n) is 6.31. The number of hydrogen-bond acceptors (Lipinski definition) is 2. The molecule has 2 nitrogen and oxygen atoms in total. The number of rotatable bonds is 6. The average molecular weight is 233 g/mol. The molecule has 0 radical (unpaired) electrons. The zero-order chi connectivity index (χ0) is 12.9. The fourth-order valence-electron chi connectivity index (χ4n) is 2.11. The van der Waals surface area contributed by atoms with E-state index in [1.54, 1.807) is 0 Å². The van der Waals surface area contributed by atoms with Crippen LogP contribution in [0.4, 0.5) is 5.69 Å². The maximum absolute atomic E-state index is 11.3. The topological polar surface area (TPSA) is 20.3 Å². The first-order valence-corrected chi connectivity index (χ1v) is 6.31. The number of hydrogen-bond donors (Lipinski definition) is 0. The van der Waals surface area contributed by atoms with E-state index in [9.17, 15) is 4.79 Å². The summed E-state index contributed by atoms with van der Waals surface area (Å²) in [6.45, 7) is 7.04. The molecule has 0 amide bonds. The molecule has 0 aliphatic carbocycles. The summed E-state index contributed by atoms with van der Waals surface area (Å²) in [5.74, 6) is 0. The second-order valence-corrected chi connectivity index (χ2v) is 4.88. The van der Waals surface area contributed by atoms with Gasteiger partial charge in [-0.2, -0.15) is 0 Å². The van der Waals surface area contributed by atoms with Crippen molar-refractivity contribution in [3.8, 4) is 0 Å². The van der Waals surface area contributed by atoms with Crippen LogP contribution in [0.3, 0.4) is 0 Å². The SMILES string of the molecule is CCC(C=O)(CC)CN(C)c1cccc(C)c1. The molecule has 94 valence electrons. The molecule has 0 saturated carbocycles. The Labute approximate surface area is 105 Å². The lowest BCUT2D eigenvalue weighted by atomic mass is 9.83. The zero-order valence-electron chi connectivity index (χ0n) is 11.4. The smallest absolute Gasteiger partial charge is 0.127 e. The molecule has 17 heavy (non-hydrogen) atoms. The molecule has 0 unspecified atom stereocenters. The minimum absolute atomic E-state index is 0.210. The van der Waals surface area contributed by atoms with Gasteiger partial charge in [0.1, 0.15) is 6.29 Å². The van der Waals surface area contributed by atoms with Crippen LogP contribution >= 0.6 is 0 Å². The number of carbonyl (C=O) groups is 1. The van der Waals surface area contributed by atoms with Crippen LogP contribution in [0.5, 0.6) is 0 Å². The lowest BCUT2D eigenvalue weighted by Gasteiger charge is -2.32. The lowest BCUT2D eigenvalue weighted by Crippen LogP contribution is -2.36. The molecule has 0 N–H and O–H groups in total. The highest BCUT2D eigenvalue weighted by molar-refractivity contribution is 5.61. The van der Waals surface area contributed by atoms with E-state index in [-0.39, 0.29) is 5.41 Å². The van der Waals surface area contributed by atoms with E-state index in [1.165, 1.54) is 11.3 Å². The van der Waals surface area contributed by atoms with Crippen LogP contribution in [-0.4, -0.2) is 19.9 Å². The summed E-state index contributed by atoms with van der Waals surface area (Å²) >= 11 is 0. The lowest BCUT2D eigenvalue weighted by molar-refractivity contribution is -0.116. The summed E-state index contributed by atoms with van der Waals surface area (Å²) in [5, 5.41) is 0. The van der Waals surface area contributed by atoms with Gasteiger partial charge in [0.2, 0.25) is 0 Å². The largest absolute Gasteiger partial charge is 0.374 e. The summed E-state index contributed by atoms with van der Waals surface area (Å²) < 4.78 is 0. The number of carbonyl (C=O) groups excluding carboxylic acids is 1. The van der Waals surface area contributed by atoms with Gasteiger partial charge >= 0.3 is 0 Å². The normalized spacial score (nSPS) is 11.3. The number of benzene rings is 1. The first kappa shape index (κ1) is 13.8. The van der Waals surface area contributed by atoms with Crippen molar-refractivity contribution in [1.29, 1.82) is 0 Å². The van der Waals surface area contributed by atoms with Crippen molar-refractivity contribution in [2.45, 2.75) is 33.6 Å². The van der Waals surface area contributed by atoms with Gasteiger partial charge in [-0.1, -0.05) is 26.0 Å². The summed E-state index contributed by atoms with van der Waals surface area (Å²) in [4.78, 5) is 13.5. The van der Waals surface area contributed by atoms with Crippen molar-refractivity contribution in [2.75, 3.05) is 18.5 Å². The third-order valence-corrected chi connectivity index (χ3v) is 3.65. The van der Waals surface area contributed by atoms with Gasteiger partial charge in [0.25, 0.3) is 0 Å². The molecule has 0 heterocycles. The summed E-state index contributed by atoms with van der Waals surface area (Å²) in [6, 6.07) is 8.39. The highest BCUT2D eigenvalue weighted by Gasteiger charge is 2.27. The van der Waals surface area contributed by atoms with Crippen LogP contribution in [0, 0.1) is 12.3 Å². The average Bonchev–Trinajstić information content (AvgIpc) is 2.36. The van der Waals surface area contributed by atoms with E-state index in [2.05, 4.69) is 57.0 Å². The Morgan fingerprint density at radius 2 is 1.94 bits per heavy atom. The molecule has 0 saturated heterocycles. The molecule has 0 spiro atoms. The number of anilines is 1. The van der Waals surface area contributed by atoms with Gasteiger partial charge in [0.05, 0.1) is 0 Å². The standard InChI is InChI=1S/C15H23NO/c1-5-15(6-2,12-17)11-16(4)14-9-7-8-13(3)10-14/h7-10,12H,5-6,11H2,1-4H3. The highest BCUT2D eigenvalue weighted by atomic mass is 16.1. The van der Waals surface area contributed by atoms with Crippen LogP contribution in [0.2, 0.25) is 0 Å². The Morgan fingerprint density at radius 3 is 2.41 bits per heavy atom. The molecule has 2 heteroatoms. The third-order valence-electron chi connectivity index (χ3n) is 3.65. The Morgan fingerprint density at radius 1 is 1.29 bits per heavy atom. The predicted molar refractivity (Wildman–Crippen MR) is 73.5 cm³/mol. The van der Waals surface area contributed by atoms with E-state index in [1.807, 2.05) is 0 Å². The van der Waals surface area contributed by atoms with Crippen LogP contribution in [0.25, 0.3) is 0 Å². The number of aldehydes is 1. The van der Waals surface area contributed by atoms with Crippen molar-refractivity contribution >= 4 is 12.0 Å². The molecule has 0 aromatic heterocycles. The number of nitrogens with zero attached hydrogens (tertiary/aromatic N) is 1. The summed E-state index contributed by atoms with van der Waals surface area (Å²) in [5.41, 5.74) is 2.22. The van der Waals surface area contributed by atoms with Crippen molar-refractivity contribution in [1.82, 2.24) is 0 Å². The van der Waals surface area contributed by atoms with Crippen LogP contribution in [0.1, 0.15) is 32.3 Å². The summed E-state index contributed by atoms with van der Waals surface area (Å²) in [6.07, 6.45) is 2.91. The molecule has 1 aromatic rings. The van der Waals surface area contributed by atoms with Crippen molar-refractivity contribution < 1.29 is 4.79 Å². The van der Waals surface area contributed by atoms with Gasteiger partial charge in [-0.3, -0.25) is 0 Å². The van der Waals surface area contributed by atoms with E-state index in [0.717, 1.165) is 25.7 Å². The number of aryl methyl sites for hydroxylation is 1. The molecule has 0 atom stereocenters. The quantitative estimate of drug-likeness (QED) is 0.702. The van der Waals surface area contributed by atoms with Crippen LogP contribution in [-0.2, 0) is 4.79 Å². The van der Waals surface area contributed by atoms with E-state index >= 15 is 0 Å². The zero-order valence-corrected chi connectivity index (χ0v) is 11.4. The molecule has 1 rings (SSSR count). The predicted octanol–water partition coefficient (Wildman–Crippen LogP) is 3.44. The molecular formula is C15H23NO. The molecular weight excluding hydrogens is 210 g/mol. The fourth-order valence-corrected chi connectivity index (χ4v) is 2.11. The maximum Gasteiger partial charge on any atom is 0.127 e. The van der Waals surface area contributed by atoms with Crippen LogP contribution < -0.4 is 4.90 Å². The van der Waals surface area contributed by atoms with Gasteiger partial charge in [0, 0.05) is 24.7 Å². The summed E-state index contributed by atoms with van der Waals surface area (Å²) in [7, 11) is 2.05. The van der Waals surface area contributed by atoms with Gasteiger partial charge < -0.3 is 9.69 Å².